The summed E-state index contributed by atoms with van der Waals surface area (Å²) in [5.41, 5.74) is 1.56. The number of nitrogens with one attached hydrogen (secondary N) is 1. The lowest BCUT2D eigenvalue weighted by Gasteiger charge is -2.22. The van der Waals surface area contributed by atoms with E-state index in [9.17, 15) is 4.79 Å². The Labute approximate surface area is 128 Å². The maximum absolute atomic E-state index is 12.4. The van der Waals surface area contributed by atoms with Gasteiger partial charge in [0.05, 0.1) is 0 Å². The lowest BCUT2D eigenvalue weighted by atomic mass is 10.0. The number of anilines is 1. The molecule has 2 aromatic rings. The predicted molar refractivity (Wildman–Crippen MR) is 80.5 cm³/mol. The summed E-state index contributed by atoms with van der Waals surface area (Å²) in [7, 11) is 0. The summed E-state index contributed by atoms with van der Waals surface area (Å²) in [6.45, 7) is 5.50. The lowest BCUT2D eigenvalue weighted by molar-refractivity contribution is 0.0776. The number of amides is 1. The second kappa shape index (κ2) is 5.08. The van der Waals surface area contributed by atoms with E-state index in [0.717, 1.165) is 37.7 Å². The van der Waals surface area contributed by atoms with E-state index in [0.29, 0.717) is 17.5 Å². The molecule has 7 heteroatoms. The first-order valence-electron chi connectivity index (χ1n) is 7.53. The largest absolute Gasteiger partial charge is 0.356 e. The zero-order valence-electron chi connectivity index (χ0n) is 12.4. The van der Waals surface area contributed by atoms with E-state index in [-0.39, 0.29) is 5.91 Å². The second-order valence-electron chi connectivity index (χ2n) is 6.12. The van der Waals surface area contributed by atoms with Gasteiger partial charge in [0.1, 0.15) is 17.8 Å². The third-order valence-corrected chi connectivity index (χ3v) is 4.62. The van der Waals surface area contributed by atoms with Crippen LogP contribution < -0.4 is 4.90 Å². The number of likely N-dealkylation sites (tertiary alicyclic amines) is 1. The van der Waals surface area contributed by atoms with Crippen LogP contribution in [0.2, 0.25) is 0 Å². The zero-order chi connectivity index (χ0) is 15.1. The van der Waals surface area contributed by atoms with Crippen molar-refractivity contribution in [3.8, 4) is 0 Å². The van der Waals surface area contributed by atoms with Crippen molar-refractivity contribution >= 4 is 11.7 Å². The van der Waals surface area contributed by atoms with E-state index in [1.54, 1.807) is 18.6 Å². The Balaban J connectivity index is 1.43. The lowest BCUT2D eigenvalue weighted by Crippen LogP contribution is -2.33. The first kappa shape index (κ1) is 13.2. The van der Waals surface area contributed by atoms with Crippen LogP contribution in [0.3, 0.4) is 0 Å². The van der Waals surface area contributed by atoms with Crippen molar-refractivity contribution in [2.75, 3.05) is 31.1 Å². The molecule has 7 nitrogen and oxygen atoms in total. The molecule has 22 heavy (non-hydrogen) atoms. The van der Waals surface area contributed by atoms with Gasteiger partial charge in [0.15, 0.2) is 0 Å². The van der Waals surface area contributed by atoms with Crippen LogP contribution in [-0.4, -0.2) is 57.2 Å². The van der Waals surface area contributed by atoms with Crippen molar-refractivity contribution in [3.05, 3.63) is 36.0 Å². The van der Waals surface area contributed by atoms with Gasteiger partial charge < -0.3 is 9.80 Å². The number of carbonyl (C=O) groups is 1. The maximum Gasteiger partial charge on any atom is 0.271 e. The standard InChI is InChI=1S/C15H18N6O/c1-10-4-14(17-9-16-10)20-5-11-7-21(8-12(11)6-20)15(22)13-2-3-18-19-13/h2-4,9,11-12H,5-8H2,1H3,(H,18,19). The van der Waals surface area contributed by atoms with Gasteiger partial charge in [-0.05, 0) is 13.0 Å². The van der Waals surface area contributed by atoms with E-state index >= 15 is 0 Å². The second-order valence-corrected chi connectivity index (χ2v) is 6.12. The molecule has 1 amide bonds. The van der Waals surface area contributed by atoms with Gasteiger partial charge in [-0.2, -0.15) is 5.10 Å². The molecule has 0 aliphatic carbocycles. The molecule has 0 aromatic carbocycles. The SMILES string of the molecule is Cc1cc(N2CC3CN(C(=O)c4ccn[nH]4)CC3C2)ncn1. The molecule has 2 saturated heterocycles. The van der Waals surface area contributed by atoms with Crippen molar-refractivity contribution in [2.24, 2.45) is 11.8 Å². The molecule has 2 aliphatic rings. The Morgan fingerprint density at radius 1 is 1.23 bits per heavy atom. The zero-order valence-corrected chi connectivity index (χ0v) is 12.4. The van der Waals surface area contributed by atoms with Crippen LogP contribution >= 0.6 is 0 Å². The number of aromatic amines is 1. The normalized spacial score (nSPS) is 23.9. The Morgan fingerprint density at radius 3 is 2.64 bits per heavy atom. The van der Waals surface area contributed by atoms with Crippen LogP contribution in [-0.2, 0) is 0 Å². The van der Waals surface area contributed by atoms with Crippen LogP contribution in [0.1, 0.15) is 16.2 Å². The van der Waals surface area contributed by atoms with Crippen molar-refractivity contribution in [2.45, 2.75) is 6.92 Å². The number of carbonyl (C=O) groups excluding carboxylic acids is 1. The molecule has 114 valence electrons. The average molecular weight is 298 g/mol. The first-order valence-corrected chi connectivity index (χ1v) is 7.53. The van der Waals surface area contributed by atoms with Gasteiger partial charge in [0.2, 0.25) is 0 Å². The molecule has 2 unspecified atom stereocenters. The van der Waals surface area contributed by atoms with Crippen molar-refractivity contribution in [3.63, 3.8) is 0 Å². The van der Waals surface area contributed by atoms with Crippen LogP contribution in [0.4, 0.5) is 5.82 Å². The molecule has 1 N–H and O–H groups in total. The number of hydrogen-bond donors (Lipinski definition) is 1. The number of aryl methyl sites for hydroxylation is 1. The quantitative estimate of drug-likeness (QED) is 0.884. The van der Waals surface area contributed by atoms with Gasteiger partial charge in [0.25, 0.3) is 5.91 Å². The summed E-state index contributed by atoms with van der Waals surface area (Å²) in [5, 5.41) is 6.60. The minimum absolute atomic E-state index is 0.0522. The number of hydrogen-bond acceptors (Lipinski definition) is 5. The third kappa shape index (κ3) is 2.22. The van der Waals surface area contributed by atoms with Crippen molar-refractivity contribution < 1.29 is 4.79 Å². The molecule has 2 fully saturated rings. The molecule has 4 heterocycles. The number of nitrogens with zero attached hydrogens (tertiary/aromatic N) is 5. The smallest absolute Gasteiger partial charge is 0.271 e. The molecular weight excluding hydrogens is 280 g/mol. The maximum atomic E-state index is 12.4. The van der Waals surface area contributed by atoms with E-state index in [1.807, 2.05) is 17.9 Å². The molecule has 0 radical (unpaired) electrons. The summed E-state index contributed by atoms with van der Waals surface area (Å²) in [6, 6.07) is 3.75. The van der Waals surface area contributed by atoms with Crippen molar-refractivity contribution in [1.82, 2.24) is 25.1 Å². The van der Waals surface area contributed by atoms with Gasteiger partial charge in [-0.1, -0.05) is 0 Å². The molecule has 0 saturated carbocycles. The minimum atomic E-state index is 0.0522. The summed E-state index contributed by atoms with van der Waals surface area (Å²) in [5.74, 6) is 2.08. The van der Waals surface area contributed by atoms with Crippen LogP contribution in [0.5, 0.6) is 0 Å². The molecule has 4 rings (SSSR count). The number of rotatable bonds is 2. The monoisotopic (exact) mass is 298 g/mol. The summed E-state index contributed by atoms with van der Waals surface area (Å²) in [6.07, 6.45) is 3.23. The highest BCUT2D eigenvalue weighted by atomic mass is 16.2. The summed E-state index contributed by atoms with van der Waals surface area (Å²) >= 11 is 0. The topological polar surface area (TPSA) is 78.0 Å². The van der Waals surface area contributed by atoms with Gasteiger partial charge >= 0.3 is 0 Å². The van der Waals surface area contributed by atoms with Crippen LogP contribution in [0, 0.1) is 18.8 Å². The number of fused-ring (bicyclic) bond motifs is 1. The molecule has 2 atom stereocenters. The Hall–Kier alpha value is -2.44. The highest BCUT2D eigenvalue weighted by Gasteiger charge is 2.42. The third-order valence-electron chi connectivity index (χ3n) is 4.62. The first-order chi connectivity index (χ1) is 10.7. The van der Waals surface area contributed by atoms with E-state index in [1.165, 1.54) is 0 Å². The molecule has 0 bridgehead atoms. The molecule has 2 aromatic heterocycles. The molecule has 2 aliphatic heterocycles. The summed E-state index contributed by atoms with van der Waals surface area (Å²) < 4.78 is 0. The van der Waals surface area contributed by atoms with E-state index < -0.39 is 0 Å². The Morgan fingerprint density at radius 2 is 2.00 bits per heavy atom. The fourth-order valence-electron chi connectivity index (χ4n) is 3.50. The van der Waals surface area contributed by atoms with Gasteiger partial charge in [0, 0.05) is 56.0 Å². The van der Waals surface area contributed by atoms with Gasteiger partial charge in [-0.25, -0.2) is 9.97 Å². The molecule has 0 spiro atoms. The van der Waals surface area contributed by atoms with E-state index in [2.05, 4.69) is 25.1 Å². The highest BCUT2D eigenvalue weighted by Crippen LogP contribution is 2.33. The van der Waals surface area contributed by atoms with Gasteiger partial charge in [-0.15, -0.1) is 0 Å². The van der Waals surface area contributed by atoms with Crippen LogP contribution in [0.25, 0.3) is 0 Å². The number of H-pyrrole nitrogens is 1. The predicted octanol–water partition coefficient (Wildman–Crippen LogP) is 0.717. The number of aromatic nitrogens is 4. The molecular formula is C15H18N6O. The highest BCUT2D eigenvalue weighted by molar-refractivity contribution is 5.92. The average Bonchev–Trinajstić information content (AvgIpc) is 3.22. The van der Waals surface area contributed by atoms with Crippen LogP contribution in [0.15, 0.2) is 24.7 Å². The van der Waals surface area contributed by atoms with E-state index in [4.69, 9.17) is 0 Å². The Kier molecular flexibility index (Phi) is 3.06. The van der Waals surface area contributed by atoms with Gasteiger partial charge in [-0.3, -0.25) is 9.89 Å². The fourth-order valence-corrected chi connectivity index (χ4v) is 3.50. The Bertz CT molecular complexity index is 671. The minimum Gasteiger partial charge on any atom is -0.356 e. The van der Waals surface area contributed by atoms with Crippen molar-refractivity contribution in [1.29, 1.82) is 0 Å². The fraction of sp³-hybridized carbons (Fsp3) is 0.467. The summed E-state index contributed by atoms with van der Waals surface area (Å²) in [4.78, 5) is 25.1.